The molecule has 0 atom stereocenters. The molecule has 0 saturated carbocycles. The highest BCUT2D eigenvalue weighted by atomic mass is 19.1. The van der Waals surface area contributed by atoms with Crippen molar-refractivity contribution in [1.82, 2.24) is 9.55 Å². The predicted octanol–water partition coefficient (Wildman–Crippen LogP) is 5.60. The second-order valence-electron chi connectivity index (χ2n) is 6.68. The van der Waals surface area contributed by atoms with E-state index in [4.69, 9.17) is 9.47 Å². The summed E-state index contributed by atoms with van der Waals surface area (Å²) in [5.41, 5.74) is 2.47. The minimum atomic E-state index is -0.516. The molecule has 5 nitrogen and oxygen atoms in total. The predicted molar refractivity (Wildman–Crippen MR) is 116 cm³/mol. The Morgan fingerprint density at radius 1 is 0.900 bits per heavy atom. The minimum absolute atomic E-state index is 0.516. The molecule has 4 rings (SSSR count). The molecule has 0 amide bonds. The van der Waals surface area contributed by atoms with Crippen molar-refractivity contribution in [3.05, 3.63) is 83.9 Å². The molecular formula is C24H25FN2O3. The highest BCUT2D eigenvalue weighted by molar-refractivity contribution is 5.86. The summed E-state index contributed by atoms with van der Waals surface area (Å²) in [4.78, 5) is 4.12. The van der Waals surface area contributed by atoms with Crippen molar-refractivity contribution >= 4 is 11.0 Å². The highest BCUT2D eigenvalue weighted by Gasteiger charge is 2.18. The molecule has 4 aromatic rings. The molecular weight excluding hydrogens is 383 g/mol. The van der Waals surface area contributed by atoms with Gasteiger partial charge in [0.05, 0.1) is 18.2 Å². The Balaban J connectivity index is 0.000000806. The number of benzene rings is 2. The van der Waals surface area contributed by atoms with Crippen LogP contribution in [0.15, 0.2) is 66.7 Å². The molecule has 2 aromatic carbocycles. The number of aromatic nitrogens is 2. The Labute approximate surface area is 175 Å². The number of hydrogen-bond acceptors (Lipinski definition) is 4. The van der Waals surface area contributed by atoms with E-state index in [2.05, 4.69) is 9.72 Å². The van der Waals surface area contributed by atoms with Crippen LogP contribution in [0.3, 0.4) is 0 Å². The molecule has 0 radical (unpaired) electrons. The second-order valence-corrected chi connectivity index (χ2v) is 6.68. The van der Waals surface area contributed by atoms with Crippen LogP contribution in [0.25, 0.3) is 11.0 Å². The van der Waals surface area contributed by atoms with Crippen LogP contribution in [-0.4, -0.2) is 30.9 Å². The normalized spacial score (nSPS) is 10.4. The van der Waals surface area contributed by atoms with Gasteiger partial charge in [-0.2, -0.15) is 4.39 Å². The van der Waals surface area contributed by atoms with Gasteiger partial charge in [-0.1, -0.05) is 30.3 Å². The number of rotatable bonds is 5. The average Bonchev–Trinajstić information content (AvgIpc) is 3.00. The average molecular weight is 408 g/mol. The van der Waals surface area contributed by atoms with Gasteiger partial charge < -0.3 is 18.8 Å². The van der Waals surface area contributed by atoms with Crippen molar-refractivity contribution < 1.29 is 18.6 Å². The summed E-state index contributed by atoms with van der Waals surface area (Å²) >= 11 is 0. The molecule has 0 spiro atoms. The zero-order valence-electron chi connectivity index (χ0n) is 17.6. The van der Waals surface area contributed by atoms with Gasteiger partial charge in [-0.3, -0.25) is 0 Å². The topological polar surface area (TPSA) is 45.5 Å². The first-order chi connectivity index (χ1) is 14.6. The molecule has 0 fully saturated rings. The first-order valence-corrected chi connectivity index (χ1v) is 9.48. The van der Waals surface area contributed by atoms with Gasteiger partial charge in [0.25, 0.3) is 0 Å². The SMILES string of the molecule is COC.COc1cccc(Cn2c(C)c(Oc3ccccc3)c3ccc(F)nc32)c1. The largest absolute Gasteiger partial charge is 0.497 e. The molecule has 0 N–H and O–H groups in total. The van der Waals surface area contributed by atoms with Gasteiger partial charge in [0.15, 0.2) is 5.75 Å². The molecule has 2 heterocycles. The fourth-order valence-electron chi connectivity index (χ4n) is 3.17. The molecule has 156 valence electrons. The van der Waals surface area contributed by atoms with Crippen LogP contribution in [0.4, 0.5) is 4.39 Å². The molecule has 0 aliphatic carbocycles. The van der Waals surface area contributed by atoms with E-state index < -0.39 is 5.95 Å². The van der Waals surface area contributed by atoms with Crippen molar-refractivity contribution in [3.8, 4) is 17.2 Å². The second kappa shape index (κ2) is 9.89. The molecule has 0 saturated heterocycles. The number of fused-ring (bicyclic) bond motifs is 1. The van der Waals surface area contributed by atoms with Gasteiger partial charge in [-0.05, 0) is 48.9 Å². The van der Waals surface area contributed by atoms with Gasteiger partial charge in [0.1, 0.15) is 17.1 Å². The third-order valence-electron chi connectivity index (χ3n) is 4.51. The van der Waals surface area contributed by atoms with Crippen molar-refractivity contribution in [2.24, 2.45) is 0 Å². The summed E-state index contributed by atoms with van der Waals surface area (Å²) in [6, 6.07) is 20.4. The molecule has 6 heteroatoms. The third-order valence-corrected chi connectivity index (χ3v) is 4.51. The molecule has 2 aromatic heterocycles. The Hall–Kier alpha value is -3.38. The van der Waals surface area contributed by atoms with Crippen molar-refractivity contribution in [3.63, 3.8) is 0 Å². The Morgan fingerprint density at radius 3 is 2.30 bits per heavy atom. The minimum Gasteiger partial charge on any atom is -0.497 e. The van der Waals surface area contributed by atoms with Crippen LogP contribution in [0.5, 0.6) is 17.2 Å². The van der Waals surface area contributed by atoms with E-state index in [1.54, 1.807) is 27.4 Å². The first kappa shape index (κ1) is 21.3. The Bertz CT molecular complexity index is 1110. The van der Waals surface area contributed by atoms with E-state index in [-0.39, 0.29) is 0 Å². The van der Waals surface area contributed by atoms with Gasteiger partial charge in [-0.15, -0.1) is 0 Å². The third kappa shape index (κ3) is 4.78. The summed E-state index contributed by atoms with van der Waals surface area (Å²) in [5.74, 6) is 1.68. The highest BCUT2D eigenvalue weighted by Crippen LogP contribution is 2.36. The van der Waals surface area contributed by atoms with Crippen LogP contribution >= 0.6 is 0 Å². The number of halogens is 1. The number of nitrogens with zero attached hydrogens (tertiary/aromatic N) is 2. The summed E-state index contributed by atoms with van der Waals surface area (Å²) in [5, 5.41) is 0.778. The molecule has 0 aliphatic rings. The lowest BCUT2D eigenvalue weighted by Crippen LogP contribution is -2.03. The Morgan fingerprint density at radius 2 is 1.60 bits per heavy atom. The number of ether oxygens (including phenoxy) is 3. The smallest absolute Gasteiger partial charge is 0.214 e. The molecule has 0 aliphatic heterocycles. The molecule has 0 bridgehead atoms. The van der Waals surface area contributed by atoms with Gasteiger partial charge >= 0.3 is 0 Å². The number of pyridine rings is 1. The van der Waals surface area contributed by atoms with E-state index in [0.717, 1.165) is 28.1 Å². The standard InChI is InChI=1S/C22H19FN2O2.C2H6O/c1-15-21(27-17-8-4-3-5-9-17)19-11-12-20(23)24-22(19)25(15)14-16-7-6-10-18(13-16)26-2;1-3-2/h3-13H,14H2,1-2H3;1-2H3. The zero-order chi connectivity index (χ0) is 21.5. The van der Waals surface area contributed by atoms with Crippen LogP contribution in [0.1, 0.15) is 11.3 Å². The zero-order valence-corrected chi connectivity index (χ0v) is 17.6. The summed E-state index contributed by atoms with van der Waals surface area (Å²) in [6.45, 7) is 2.49. The molecule has 0 unspecified atom stereocenters. The van der Waals surface area contributed by atoms with Crippen molar-refractivity contribution in [2.45, 2.75) is 13.5 Å². The lowest BCUT2D eigenvalue weighted by atomic mass is 10.2. The lowest BCUT2D eigenvalue weighted by Gasteiger charge is -2.10. The van der Waals surface area contributed by atoms with E-state index in [1.807, 2.05) is 66.1 Å². The fraction of sp³-hybridized carbons (Fsp3) is 0.208. The van der Waals surface area contributed by atoms with Crippen LogP contribution in [0.2, 0.25) is 0 Å². The van der Waals surface area contributed by atoms with Crippen LogP contribution < -0.4 is 9.47 Å². The number of methoxy groups -OCH3 is 2. The maximum atomic E-state index is 13.9. The summed E-state index contributed by atoms with van der Waals surface area (Å²) in [6.07, 6.45) is 0. The number of hydrogen-bond donors (Lipinski definition) is 0. The van der Waals surface area contributed by atoms with Gasteiger partial charge in [-0.25, -0.2) is 4.98 Å². The van der Waals surface area contributed by atoms with E-state index in [9.17, 15) is 4.39 Å². The van der Waals surface area contributed by atoms with Crippen molar-refractivity contribution in [2.75, 3.05) is 21.3 Å². The van der Waals surface area contributed by atoms with E-state index >= 15 is 0 Å². The monoisotopic (exact) mass is 408 g/mol. The van der Waals surface area contributed by atoms with Crippen LogP contribution in [-0.2, 0) is 11.3 Å². The maximum Gasteiger partial charge on any atom is 0.214 e. The summed E-state index contributed by atoms with van der Waals surface area (Å²) in [7, 11) is 4.89. The van der Waals surface area contributed by atoms with E-state index in [1.165, 1.54) is 6.07 Å². The van der Waals surface area contributed by atoms with Crippen LogP contribution in [0, 0.1) is 12.9 Å². The Kier molecular flexibility index (Phi) is 7.03. The van der Waals surface area contributed by atoms with Gasteiger partial charge in [0.2, 0.25) is 5.95 Å². The fourth-order valence-corrected chi connectivity index (χ4v) is 3.17. The summed E-state index contributed by atoms with van der Waals surface area (Å²) < 4.78 is 31.5. The van der Waals surface area contributed by atoms with Crippen molar-refractivity contribution in [1.29, 1.82) is 0 Å². The van der Waals surface area contributed by atoms with E-state index in [0.29, 0.717) is 17.9 Å². The van der Waals surface area contributed by atoms with Gasteiger partial charge in [0, 0.05) is 20.8 Å². The molecule has 30 heavy (non-hydrogen) atoms. The quantitative estimate of drug-likeness (QED) is 0.404. The lowest BCUT2D eigenvalue weighted by molar-refractivity contribution is 0.277. The maximum absolute atomic E-state index is 13.9. The first-order valence-electron chi connectivity index (χ1n) is 9.48. The number of para-hydroxylation sites is 1.